The molecular formula is C22H26BN2O7. The Kier molecular flexibility index (Phi) is 8.37. The van der Waals surface area contributed by atoms with Crippen LogP contribution in [0, 0.1) is 11.3 Å². The fourth-order valence-corrected chi connectivity index (χ4v) is 3.73. The molecule has 9 nitrogen and oxygen atoms in total. The number of nitrogens with zero attached hydrogens (tertiary/aromatic N) is 1. The van der Waals surface area contributed by atoms with E-state index in [0.717, 1.165) is 37.7 Å². The Morgan fingerprint density at radius 1 is 1.25 bits per heavy atom. The topological polar surface area (TPSA) is 124 Å². The average Bonchev–Trinajstić information content (AvgIpc) is 2.77. The highest BCUT2D eigenvalue weighted by Crippen LogP contribution is 2.29. The Hall–Kier alpha value is -3.22. The van der Waals surface area contributed by atoms with Gasteiger partial charge in [-0.3, -0.25) is 4.79 Å². The highest BCUT2D eigenvalue weighted by atomic mass is 16.8. The van der Waals surface area contributed by atoms with Crippen LogP contribution in [0.2, 0.25) is 0 Å². The van der Waals surface area contributed by atoms with E-state index in [0.29, 0.717) is 12.2 Å². The average molecular weight is 441 g/mol. The van der Waals surface area contributed by atoms with Gasteiger partial charge < -0.3 is 24.2 Å². The van der Waals surface area contributed by atoms with Crippen molar-refractivity contribution >= 4 is 25.5 Å². The van der Waals surface area contributed by atoms with Crippen molar-refractivity contribution in [1.29, 1.82) is 5.26 Å². The number of benzene rings is 1. The lowest BCUT2D eigenvalue weighted by atomic mass is 9.79. The summed E-state index contributed by atoms with van der Waals surface area (Å²) in [5, 5.41) is 11.3. The monoisotopic (exact) mass is 441 g/mol. The number of nitrogens with one attached hydrogen (secondary N) is 1. The number of carbonyl (C=O) groups is 3. The van der Waals surface area contributed by atoms with Gasteiger partial charge in [0, 0.05) is 25.7 Å². The number of hydrogen-bond donors (Lipinski definition) is 1. The quantitative estimate of drug-likeness (QED) is 0.389. The molecule has 1 aromatic carbocycles. The van der Waals surface area contributed by atoms with Crippen LogP contribution in [0.15, 0.2) is 18.2 Å². The highest BCUT2D eigenvalue weighted by Gasteiger charge is 2.29. The molecule has 1 radical (unpaired) electrons. The van der Waals surface area contributed by atoms with E-state index < -0.39 is 18.4 Å². The fraction of sp³-hybridized carbons (Fsp3) is 0.545. The summed E-state index contributed by atoms with van der Waals surface area (Å²) in [4.78, 5) is 36.4. The van der Waals surface area contributed by atoms with Crippen LogP contribution in [0.5, 0.6) is 5.75 Å². The standard InChI is InChI=1S/C22H26BN2O7/c1-14(30-22(28)31-16-8-3-2-4-9-16)29-21(27)17-10-5-7-15-13-18(23-32-20(15)17)25-19(26)11-6-12-24/h5,7,10,14,16,18H,2-4,6,8-9,11,13H2,1H3,(H,25,26). The summed E-state index contributed by atoms with van der Waals surface area (Å²) in [6, 6.07) is 6.94. The van der Waals surface area contributed by atoms with Gasteiger partial charge in [-0.25, -0.2) is 9.59 Å². The van der Waals surface area contributed by atoms with Gasteiger partial charge in [0.25, 0.3) is 0 Å². The van der Waals surface area contributed by atoms with E-state index in [1.807, 2.05) is 6.07 Å². The molecule has 1 aliphatic carbocycles. The molecule has 1 N–H and O–H groups in total. The Morgan fingerprint density at radius 3 is 2.78 bits per heavy atom. The lowest BCUT2D eigenvalue weighted by Gasteiger charge is -2.26. The van der Waals surface area contributed by atoms with E-state index in [-0.39, 0.29) is 36.4 Å². The largest absolute Gasteiger partial charge is 0.560 e. The molecule has 0 bridgehead atoms. The summed E-state index contributed by atoms with van der Waals surface area (Å²) in [5.74, 6) is -1.000. The van der Waals surface area contributed by atoms with Gasteiger partial charge in [-0.2, -0.15) is 5.26 Å². The molecule has 1 saturated carbocycles. The van der Waals surface area contributed by atoms with Crippen molar-refractivity contribution in [3.8, 4) is 11.8 Å². The van der Waals surface area contributed by atoms with Gasteiger partial charge in [0.15, 0.2) is 0 Å². The van der Waals surface area contributed by atoms with Crippen molar-refractivity contribution in [3.05, 3.63) is 29.3 Å². The minimum absolute atomic E-state index is 0.112. The van der Waals surface area contributed by atoms with Crippen LogP contribution in [-0.2, 0) is 25.4 Å². The van der Waals surface area contributed by atoms with Crippen molar-refractivity contribution < 1.29 is 33.2 Å². The number of fused-ring (bicyclic) bond motifs is 1. The van der Waals surface area contributed by atoms with Gasteiger partial charge in [-0.05, 0) is 43.7 Å². The number of ether oxygens (including phenoxy) is 3. The van der Waals surface area contributed by atoms with Crippen LogP contribution in [0.1, 0.15) is 67.8 Å². The van der Waals surface area contributed by atoms with Crippen LogP contribution in [0.4, 0.5) is 4.79 Å². The second kappa shape index (κ2) is 11.4. The lowest BCUT2D eigenvalue weighted by molar-refractivity contribution is -0.121. The van der Waals surface area contributed by atoms with Crippen molar-refractivity contribution in [1.82, 2.24) is 5.32 Å². The Labute approximate surface area is 187 Å². The molecule has 1 aromatic rings. The molecule has 1 aliphatic heterocycles. The number of para-hydroxylation sites is 1. The summed E-state index contributed by atoms with van der Waals surface area (Å²) >= 11 is 0. The van der Waals surface area contributed by atoms with Gasteiger partial charge in [-0.1, -0.05) is 18.6 Å². The van der Waals surface area contributed by atoms with Crippen molar-refractivity contribution in [2.75, 3.05) is 0 Å². The summed E-state index contributed by atoms with van der Waals surface area (Å²) in [6.45, 7) is 1.44. The number of amides is 1. The van der Waals surface area contributed by atoms with E-state index in [4.69, 9.17) is 24.1 Å². The molecule has 0 spiro atoms. The number of nitriles is 1. The second-order valence-corrected chi connectivity index (χ2v) is 7.80. The smallest absolute Gasteiger partial charge is 0.511 e. The van der Waals surface area contributed by atoms with E-state index in [2.05, 4.69) is 5.32 Å². The third-order valence-corrected chi connectivity index (χ3v) is 5.27. The number of rotatable bonds is 7. The van der Waals surface area contributed by atoms with Gasteiger partial charge in [0.2, 0.25) is 12.2 Å². The van der Waals surface area contributed by atoms with Crippen LogP contribution in [-0.4, -0.2) is 43.8 Å². The van der Waals surface area contributed by atoms with Gasteiger partial charge in [0.05, 0.1) is 6.07 Å². The molecule has 2 unspecified atom stereocenters. The second-order valence-electron chi connectivity index (χ2n) is 7.80. The molecule has 32 heavy (non-hydrogen) atoms. The summed E-state index contributed by atoms with van der Waals surface area (Å²) < 4.78 is 21.2. The Bertz CT molecular complexity index is 880. The van der Waals surface area contributed by atoms with Crippen LogP contribution in [0.3, 0.4) is 0 Å². The third kappa shape index (κ3) is 6.64. The maximum Gasteiger partial charge on any atom is 0.511 e. The number of carbonyl (C=O) groups excluding carboxylic acids is 3. The zero-order valence-corrected chi connectivity index (χ0v) is 18.0. The van der Waals surface area contributed by atoms with Gasteiger partial charge in [0.1, 0.15) is 17.4 Å². The van der Waals surface area contributed by atoms with Crippen molar-refractivity contribution in [2.45, 2.75) is 76.6 Å². The maximum atomic E-state index is 12.6. The fourth-order valence-electron chi connectivity index (χ4n) is 3.73. The normalized spacial score (nSPS) is 18.6. The third-order valence-electron chi connectivity index (χ3n) is 5.27. The predicted molar refractivity (Wildman–Crippen MR) is 113 cm³/mol. The first-order valence-electron chi connectivity index (χ1n) is 10.8. The summed E-state index contributed by atoms with van der Waals surface area (Å²) in [5.41, 5.74) is 0.905. The molecule has 2 aliphatic rings. The molecule has 2 atom stereocenters. The van der Waals surface area contributed by atoms with E-state index >= 15 is 0 Å². The highest BCUT2D eigenvalue weighted by molar-refractivity contribution is 6.32. The first-order valence-corrected chi connectivity index (χ1v) is 10.8. The first kappa shape index (κ1) is 23.4. The molecule has 3 rings (SSSR count). The van der Waals surface area contributed by atoms with Crippen molar-refractivity contribution in [3.63, 3.8) is 0 Å². The van der Waals surface area contributed by atoms with Crippen molar-refractivity contribution in [2.24, 2.45) is 0 Å². The molecule has 1 amide bonds. The number of esters is 1. The summed E-state index contributed by atoms with van der Waals surface area (Å²) in [7, 11) is 1.44. The molecule has 1 heterocycles. The van der Waals surface area contributed by atoms with Crippen LogP contribution >= 0.6 is 0 Å². The van der Waals surface area contributed by atoms with Crippen LogP contribution in [0.25, 0.3) is 0 Å². The van der Waals surface area contributed by atoms with E-state index in [1.54, 1.807) is 18.2 Å². The predicted octanol–water partition coefficient (Wildman–Crippen LogP) is 2.98. The molecule has 0 saturated heterocycles. The lowest BCUT2D eigenvalue weighted by Crippen LogP contribution is -2.45. The van der Waals surface area contributed by atoms with Crippen LogP contribution < -0.4 is 9.97 Å². The SMILES string of the molecule is CC(OC(=O)OC1CCCCC1)OC(=O)c1cccc2c1O[B]C(NC(=O)CCC#N)C2. The first-order chi connectivity index (χ1) is 15.5. The molecule has 0 aromatic heterocycles. The Morgan fingerprint density at radius 2 is 2.03 bits per heavy atom. The molecule has 10 heteroatoms. The summed E-state index contributed by atoms with van der Waals surface area (Å²) in [6.07, 6.45) is 3.33. The minimum Gasteiger partial charge on any atom is -0.560 e. The molecule has 169 valence electrons. The number of hydrogen-bond acceptors (Lipinski definition) is 8. The van der Waals surface area contributed by atoms with E-state index in [1.165, 1.54) is 14.4 Å². The zero-order chi connectivity index (χ0) is 22.9. The maximum absolute atomic E-state index is 12.6. The zero-order valence-electron chi connectivity index (χ0n) is 18.0. The Balaban J connectivity index is 1.53. The molecular weight excluding hydrogens is 415 g/mol. The van der Waals surface area contributed by atoms with Gasteiger partial charge in [-0.15, -0.1) is 0 Å². The van der Waals surface area contributed by atoms with E-state index in [9.17, 15) is 14.4 Å². The minimum atomic E-state index is -1.13. The molecule has 1 fully saturated rings. The van der Waals surface area contributed by atoms with Gasteiger partial charge >= 0.3 is 19.6 Å².